The van der Waals surface area contributed by atoms with E-state index in [9.17, 15) is 0 Å². The van der Waals surface area contributed by atoms with E-state index >= 15 is 0 Å². The summed E-state index contributed by atoms with van der Waals surface area (Å²) in [6.45, 7) is 0. The van der Waals surface area contributed by atoms with Gasteiger partial charge < -0.3 is 0 Å². The maximum Gasteiger partial charge on any atom is -0.0207 e. The molecule has 4 aliphatic rings. The highest BCUT2D eigenvalue weighted by Crippen LogP contribution is 2.59. The van der Waals surface area contributed by atoms with Crippen LogP contribution in [0.5, 0.6) is 0 Å². The first-order valence-corrected chi connectivity index (χ1v) is 17.3. The van der Waals surface area contributed by atoms with E-state index in [0.29, 0.717) is 15.8 Å². The Bertz CT molecular complexity index is 353. The van der Waals surface area contributed by atoms with Gasteiger partial charge in [0.1, 0.15) is 0 Å². The van der Waals surface area contributed by atoms with Crippen molar-refractivity contribution in [2.24, 2.45) is 0 Å². The van der Waals surface area contributed by atoms with Crippen LogP contribution in [0.25, 0.3) is 0 Å². The fourth-order valence-corrected chi connectivity index (χ4v) is 15.5. The van der Waals surface area contributed by atoms with E-state index < -0.39 is 0 Å². The molecule has 0 aromatic heterocycles. The summed E-state index contributed by atoms with van der Waals surface area (Å²) >= 11 is 0. The van der Waals surface area contributed by atoms with Crippen molar-refractivity contribution >= 4 is 25.7 Å². The largest absolute Gasteiger partial charge is 0.153 e. The zero-order chi connectivity index (χ0) is 19.7. The predicted octanol–water partition coefficient (Wildman–Crippen LogP) is 9.73. The Kier molecular flexibility index (Phi) is 12.5. The zero-order valence-corrected chi connectivity index (χ0v) is 23.4. The average Bonchev–Trinajstić information content (AvgIpc) is 2.81. The SMILES string of the molecule is C1CCC(P(CCCP(C2CCCCC2)C2CCCCC2)C2CCCCC2)CC1.P. The minimum absolute atomic E-state index is 0. The maximum atomic E-state index is 1.68. The van der Waals surface area contributed by atoms with Gasteiger partial charge in [0.05, 0.1) is 0 Å². The lowest BCUT2D eigenvalue weighted by atomic mass is 9.99. The summed E-state index contributed by atoms with van der Waals surface area (Å²) in [5.41, 5.74) is 4.71. The zero-order valence-electron chi connectivity index (χ0n) is 20.2. The Hall–Kier alpha value is 1.29. The highest BCUT2D eigenvalue weighted by Gasteiger charge is 2.33. The van der Waals surface area contributed by atoms with E-state index in [1.807, 2.05) is 0 Å². The molecule has 4 fully saturated rings. The normalized spacial score (nSPS) is 26.2. The van der Waals surface area contributed by atoms with E-state index in [2.05, 4.69) is 0 Å². The van der Waals surface area contributed by atoms with Crippen molar-refractivity contribution in [3.63, 3.8) is 0 Å². The van der Waals surface area contributed by atoms with Crippen LogP contribution in [0.1, 0.15) is 135 Å². The molecule has 0 spiro atoms. The lowest BCUT2D eigenvalue weighted by Crippen LogP contribution is -2.24. The number of hydrogen-bond donors (Lipinski definition) is 0. The molecule has 3 heteroatoms. The Balaban J connectivity index is 0.00000256. The van der Waals surface area contributed by atoms with Crippen LogP contribution in [0.4, 0.5) is 0 Å². The molecule has 0 radical (unpaired) electrons. The number of hydrogen-bond acceptors (Lipinski definition) is 0. The van der Waals surface area contributed by atoms with Crippen molar-refractivity contribution in [1.29, 1.82) is 0 Å². The summed E-state index contributed by atoms with van der Waals surface area (Å²) in [5.74, 6) is 0. The molecule has 1 unspecified atom stereocenters. The summed E-state index contributed by atoms with van der Waals surface area (Å²) in [6.07, 6.45) is 36.6. The van der Waals surface area contributed by atoms with Gasteiger partial charge in [0.2, 0.25) is 0 Å². The Labute approximate surface area is 195 Å². The van der Waals surface area contributed by atoms with Gasteiger partial charge in [0.15, 0.2) is 0 Å². The summed E-state index contributed by atoms with van der Waals surface area (Å²) in [5, 5.41) is 0. The molecule has 0 saturated heterocycles. The first-order chi connectivity index (χ1) is 14.4. The van der Waals surface area contributed by atoms with E-state index in [-0.39, 0.29) is 9.90 Å². The molecule has 1 atom stereocenters. The van der Waals surface area contributed by atoms with Crippen molar-refractivity contribution in [3.8, 4) is 0 Å². The molecule has 4 rings (SSSR count). The van der Waals surface area contributed by atoms with Crippen LogP contribution < -0.4 is 0 Å². The van der Waals surface area contributed by atoms with Crippen LogP contribution in [-0.2, 0) is 0 Å². The van der Waals surface area contributed by atoms with Gasteiger partial charge in [-0.25, -0.2) is 0 Å². The van der Waals surface area contributed by atoms with Gasteiger partial charge in [0.25, 0.3) is 0 Å². The topological polar surface area (TPSA) is 0 Å². The van der Waals surface area contributed by atoms with Gasteiger partial charge in [-0.05, 0) is 92.7 Å². The summed E-state index contributed by atoms with van der Waals surface area (Å²) in [6, 6.07) is 0. The minimum Gasteiger partial charge on any atom is -0.153 e. The van der Waals surface area contributed by atoms with Crippen LogP contribution in [0.15, 0.2) is 0 Å². The molecule has 0 aromatic rings. The van der Waals surface area contributed by atoms with Crippen LogP contribution in [0.3, 0.4) is 0 Å². The molecule has 0 amide bonds. The standard InChI is InChI=1S/C27H50P2.H3P/c1-5-14-24(15-6-1)28(25-16-7-2-8-17-25)22-13-23-29(26-18-9-3-10-19-26)27-20-11-4-12-21-27;/h24-27H,1-23H2;1H3. The third-order valence-corrected chi connectivity index (χ3v) is 16.5. The molecule has 0 bridgehead atoms. The van der Waals surface area contributed by atoms with Gasteiger partial charge in [-0.15, -0.1) is 15.8 Å². The van der Waals surface area contributed by atoms with E-state index in [1.54, 1.807) is 147 Å². The second-order valence-corrected chi connectivity index (χ2v) is 16.9. The van der Waals surface area contributed by atoms with Gasteiger partial charge in [-0.1, -0.05) is 77.0 Å². The first-order valence-electron chi connectivity index (χ1n) is 13.9. The van der Waals surface area contributed by atoms with Crippen molar-refractivity contribution < 1.29 is 0 Å². The molecule has 30 heavy (non-hydrogen) atoms. The van der Waals surface area contributed by atoms with Crippen molar-refractivity contribution in [2.75, 3.05) is 12.3 Å². The van der Waals surface area contributed by atoms with Gasteiger partial charge in [-0.3, -0.25) is 0 Å². The molecule has 0 aliphatic heterocycles. The van der Waals surface area contributed by atoms with Crippen molar-refractivity contribution in [1.82, 2.24) is 0 Å². The molecule has 0 heterocycles. The van der Waals surface area contributed by atoms with Crippen LogP contribution in [0.2, 0.25) is 0 Å². The second-order valence-electron chi connectivity index (χ2n) is 11.0. The Morgan fingerprint density at radius 1 is 0.367 bits per heavy atom. The second kappa shape index (κ2) is 14.5. The molecule has 0 N–H and O–H groups in total. The summed E-state index contributed by atoms with van der Waals surface area (Å²) in [7, 11) is 0.696. The lowest BCUT2D eigenvalue weighted by molar-refractivity contribution is 0.482. The molecule has 4 saturated carbocycles. The smallest absolute Gasteiger partial charge is 0.0207 e. The fourth-order valence-electron chi connectivity index (χ4n) is 7.41. The van der Waals surface area contributed by atoms with Crippen LogP contribution in [0, 0.1) is 0 Å². The van der Waals surface area contributed by atoms with Gasteiger partial charge in [-0.2, -0.15) is 9.90 Å². The van der Waals surface area contributed by atoms with Crippen LogP contribution in [-0.4, -0.2) is 35.0 Å². The van der Waals surface area contributed by atoms with E-state index in [1.165, 1.54) is 22.6 Å². The first kappa shape index (κ1) is 25.9. The highest BCUT2D eigenvalue weighted by molar-refractivity contribution is 7.60. The van der Waals surface area contributed by atoms with Gasteiger partial charge >= 0.3 is 0 Å². The maximum absolute atomic E-state index is 1.68. The Morgan fingerprint density at radius 2 is 0.600 bits per heavy atom. The van der Waals surface area contributed by atoms with Crippen molar-refractivity contribution in [3.05, 3.63) is 0 Å². The minimum atomic E-state index is 0. The highest BCUT2D eigenvalue weighted by atomic mass is 31.1. The monoisotopic (exact) mass is 470 g/mol. The quantitative estimate of drug-likeness (QED) is 0.310. The average molecular weight is 471 g/mol. The molecule has 0 nitrogen and oxygen atoms in total. The number of rotatable bonds is 8. The van der Waals surface area contributed by atoms with Crippen LogP contribution >= 0.6 is 25.7 Å². The van der Waals surface area contributed by atoms with Crippen molar-refractivity contribution in [2.45, 2.75) is 157 Å². The fraction of sp³-hybridized carbons (Fsp3) is 1.00. The lowest BCUT2D eigenvalue weighted by Gasteiger charge is -2.41. The third-order valence-electron chi connectivity index (χ3n) is 9.01. The molecule has 4 aliphatic carbocycles. The third kappa shape index (κ3) is 7.67. The molecule has 176 valence electrons. The molecular formula is C27H53P3. The van der Waals surface area contributed by atoms with E-state index in [0.717, 1.165) is 0 Å². The predicted molar refractivity (Wildman–Crippen MR) is 147 cm³/mol. The molecular weight excluding hydrogens is 417 g/mol. The summed E-state index contributed by atoms with van der Waals surface area (Å²) < 4.78 is 0. The summed E-state index contributed by atoms with van der Waals surface area (Å²) in [4.78, 5) is 0. The van der Waals surface area contributed by atoms with Gasteiger partial charge in [0, 0.05) is 0 Å². The Morgan fingerprint density at radius 3 is 0.833 bits per heavy atom. The molecule has 0 aromatic carbocycles. The van der Waals surface area contributed by atoms with E-state index in [4.69, 9.17) is 0 Å².